The number of hydrogen-bond acceptors (Lipinski definition) is 24. The lowest BCUT2D eigenvalue weighted by Gasteiger charge is -2.26. The lowest BCUT2D eigenvalue weighted by molar-refractivity contribution is -0.385. The highest BCUT2D eigenvalue weighted by molar-refractivity contribution is 8.01. The molecule has 0 spiro atoms. The highest BCUT2D eigenvalue weighted by Gasteiger charge is 2.36. The van der Waals surface area contributed by atoms with Gasteiger partial charge in [0.05, 0.1) is 43.0 Å². The molecule has 0 aromatic heterocycles. The van der Waals surface area contributed by atoms with Gasteiger partial charge in [0, 0.05) is 171 Å². The van der Waals surface area contributed by atoms with Gasteiger partial charge in [-0.15, -0.1) is 0 Å². The lowest BCUT2D eigenvalue weighted by atomic mass is 10.1. The zero-order valence-electron chi connectivity index (χ0n) is 57.7. The van der Waals surface area contributed by atoms with Gasteiger partial charge < -0.3 is 14.2 Å². The van der Waals surface area contributed by atoms with Crippen LogP contribution in [0.5, 0.6) is 23.0 Å². The molecule has 0 amide bonds. The molecule has 12 rings (SSSR count). The third-order valence-electron chi connectivity index (χ3n) is 16.3. The maximum atomic E-state index is 13.2. The van der Waals surface area contributed by atoms with E-state index in [1.165, 1.54) is 95.7 Å². The summed E-state index contributed by atoms with van der Waals surface area (Å²) in [6, 6.07) is 35.9. The SMILES string of the molecule is Cc1ccc(C)c(Oc2ccc([N+](=O)[O-])cc2S(=O)(=O)N2CCOCC2)c1.Cc1ccc(C)c(Sc2ccc([N+](=O)[O-])cc2S(=O)(=O)N2CCSCC2)c1.O=[N+]([O-])c1ccc(Oc2cc(Cl)ccc2Cl)c(S(=O)(=O)N2CCSCC2)c1.O=[N+]([O-])c1ccc(Sc2cc(Cl)ccc2Cl)c(S(=O)(=O)N2CCSCC2)c1. The van der Waals surface area contributed by atoms with Crippen molar-refractivity contribution in [3.05, 3.63) is 228 Å². The summed E-state index contributed by atoms with van der Waals surface area (Å²) in [5, 5.41) is 46.1. The molecule has 40 heteroatoms. The number of sulfonamides is 4. The second-order valence-electron chi connectivity index (χ2n) is 23.7. The molecular formula is C68H68Cl4N8O19S9. The first-order valence-corrected chi connectivity index (χ1v) is 44.7. The zero-order valence-corrected chi connectivity index (χ0v) is 68.1. The molecule has 4 saturated heterocycles. The van der Waals surface area contributed by atoms with Crippen molar-refractivity contribution < 1.29 is 67.6 Å². The Kier molecular flexibility index (Phi) is 30.2. The summed E-state index contributed by atoms with van der Waals surface area (Å²) in [6.07, 6.45) is 0. The normalized spacial score (nSPS) is 15.6. The number of morpholine rings is 1. The summed E-state index contributed by atoms with van der Waals surface area (Å²) in [4.78, 5) is 44.0. The first kappa shape index (κ1) is 85.5. The van der Waals surface area contributed by atoms with Crippen molar-refractivity contribution in [3.63, 3.8) is 0 Å². The van der Waals surface area contributed by atoms with Gasteiger partial charge in [0.15, 0.2) is 0 Å². The average molecular weight is 1730 g/mol. The first-order chi connectivity index (χ1) is 51.1. The van der Waals surface area contributed by atoms with Crippen LogP contribution in [0.3, 0.4) is 0 Å². The largest absolute Gasteiger partial charge is 0.456 e. The van der Waals surface area contributed by atoms with Gasteiger partial charge >= 0.3 is 0 Å². The van der Waals surface area contributed by atoms with E-state index in [0.717, 1.165) is 68.6 Å². The van der Waals surface area contributed by atoms with Crippen LogP contribution in [0, 0.1) is 68.2 Å². The summed E-state index contributed by atoms with van der Waals surface area (Å²) in [5.41, 5.74) is 2.74. The highest BCUT2D eigenvalue weighted by atomic mass is 35.5. The second kappa shape index (κ2) is 38.1. The van der Waals surface area contributed by atoms with Gasteiger partial charge in [-0.1, -0.05) is 94.2 Å². The average Bonchev–Trinajstić information content (AvgIpc) is 0.795. The number of nitro benzene ring substituents is 4. The summed E-state index contributed by atoms with van der Waals surface area (Å²) in [7, 11) is -15.6. The van der Waals surface area contributed by atoms with Crippen molar-refractivity contribution in [1.29, 1.82) is 0 Å². The number of halogens is 4. The van der Waals surface area contributed by atoms with E-state index in [2.05, 4.69) is 0 Å². The molecule has 0 saturated carbocycles. The topological polar surface area (TPSA) is 350 Å². The highest BCUT2D eigenvalue weighted by Crippen LogP contribution is 2.44. The maximum absolute atomic E-state index is 13.2. The smallest absolute Gasteiger partial charge is 0.271 e. The number of aryl methyl sites for hydroxylation is 4. The minimum absolute atomic E-state index is 0.00880. The van der Waals surface area contributed by atoms with Gasteiger partial charge in [0.25, 0.3) is 22.7 Å². The Morgan fingerprint density at radius 1 is 0.361 bits per heavy atom. The molecule has 0 bridgehead atoms. The Morgan fingerprint density at radius 3 is 1.15 bits per heavy atom. The molecule has 0 unspecified atom stereocenters. The van der Waals surface area contributed by atoms with Crippen LogP contribution >= 0.6 is 105 Å². The third kappa shape index (κ3) is 22.0. The Morgan fingerprint density at radius 2 is 0.713 bits per heavy atom. The van der Waals surface area contributed by atoms with E-state index < -0.39 is 59.8 Å². The minimum Gasteiger partial charge on any atom is -0.456 e. The molecule has 4 aliphatic heterocycles. The molecule has 0 atom stereocenters. The van der Waals surface area contributed by atoms with E-state index in [1.54, 1.807) is 65.6 Å². The summed E-state index contributed by atoms with van der Waals surface area (Å²) < 4.78 is 127. The van der Waals surface area contributed by atoms with E-state index in [1.807, 2.05) is 58.0 Å². The van der Waals surface area contributed by atoms with E-state index in [0.29, 0.717) is 97.8 Å². The molecule has 576 valence electrons. The van der Waals surface area contributed by atoms with E-state index in [9.17, 15) is 74.1 Å². The van der Waals surface area contributed by atoms with Gasteiger partial charge in [-0.3, -0.25) is 40.5 Å². The van der Waals surface area contributed by atoms with Crippen LogP contribution in [-0.2, 0) is 44.8 Å². The van der Waals surface area contributed by atoms with Gasteiger partial charge in [-0.2, -0.15) is 52.5 Å². The number of nitrogens with zero attached hydrogens (tertiary/aromatic N) is 8. The second-order valence-corrected chi connectivity index (χ2v) is 38.9. The molecule has 8 aromatic carbocycles. The molecule has 4 aliphatic rings. The van der Waals surface area contributed by atoms with Crippen LogP contribution in [0.15, 0.2) is 185 Å². The van der Waals surface area contributed by atoms with E-state index >= 15 is 0 Å². The van der Waals surface area contributed by atoms with Crippen molar-refractivity contribution in [3.8, 4) is 23.0 Å². The fourth-order valence-electron chi connectivity index (χ4n) is 10.5. The number of rotatable bonds is 20. The maximum Gasteiger partial charge on any atom is 0.271 e. The van der Waals surface area contributed by atoms with Crippen LogP contribution in [0.1, 0.15) is 22.3 Å². The van der Waals surface area contributed by atoms with Crippen molar-refractivity contribution in [1.82, 2.24) is 17.2 Å². The van der Waals surface area contributed by atoms with Crippen LogP contribution in [-0.4, -0.2) is 171 Å². The Hall–Kier alpha value is -6.53. The zero-order chi connectivity index (χ0) is 78.4. The van der Waals surface area contributed by atoms with Crippen molar-refractivity contribution in [2.75, 3.05) is 100 Å². The quantitative estimate of drug-likeness (QED) is 0.0505. The Bertz CT molecular complexity index is 4540. The lowest BCUT2D eigenvalue weighted by Crippen LogP contribution is -2.40. The molecule has 108 heavy (non-hydrogen) atoms. The Labute approximate surface area is 665 Å². The molecule has 8 aromatic rings. The van der Waals surface area contributed by atoms with Crippen LogP contribution in [0.25, 0.3) is 0 Å². The monoisotopic (exact) mass is 1730 g/mol. The fourth-order valence-corrected chi connectivity index (χ4v) is 23.7. The number of nitro groups is 4. The summed E-state index contributed by atoms with van der Waals surface area (Å²) >= 11 is 31.7. The van der Waals surface area contributed by atoms with Gasteiger partial charge in [0.1, 0.15) is 42.6 Å². The third-order valence-corrected chi connectivity index (χ3v) is 30.7. The molecule has 0 N–H and O–H groups in total. The molecule has 27 nitrogen and oxygen atoms in total. The van der Waals surface area contributed by atoms with Crippen molar-refractivity contribution >= 4 is 168 Å². The van der Waals surface area contributed by atoms with Crippen LogP contribution < -0.4 is 9.47 Å². The van der Waals surface area contributed by atoms with Gasteiger partial charge in [-0.25, -0.2) is 33.7 Å². The first-order valence-electron chi connectivity index (χ1n) is 32.4. The summed E-state index contributed by atoms with van der Waals surface area (Å²) in [5.74, 6) is 4.82. The fraction of sp³-hybridized carbons (Fsp3) is 0.294. The Balaban J connectivity index is 0.000000166. The number of ether oxygens (including phenoxy) is 3. The minimum atomic E-state index is -3.98. The van der Waals surface area contributed by atoms with Gasteiger partial charge in [0.2, 0.25) is 40.1 Å². The number of thioether (sulfide) groups is 3. The number of non-ortho nitro benzene ring substituents is 4. The standard InChI is InChI=1S/C18H20N2O6S.C18H20N2O4S3.C16H14Cl2N2O5S2.C16H14Cl2N2O4S3/c2*1-13-3-4-14(2)17(11-13)26-16-6-5-15(20(21)22)12-18(16)27(23,24)19-7-9-25-10-8-19;17-11-1-3-13(18)15(9-11)25-14-4-2-12(20(21)22)10-16(14)27(23,24)19-5-7-26-8-6-19;17-11-1-3-13(18)15(9-11)26-14-4-2-12(20(21)22)10-16(14)27(23,24)19-5-7-25-8-6-19/h2*3-6,11-12H,7-10H2,1-2H3;2*1-4,9-10H,5-8H2. The van der Waals surface area contributed by atoms with Crippen molar-refractivity contribution in [2.24, 2.45) is 0 Å². The molecule has 0 aliphatic carbocycles. The molecular weight excluding hydrogens is 1660 g/mol. The van der Waals surface area contributed by atoms with Crippen molar-refractivity contribution in [2.45, 2.75) is 66.9 Å². The van der Waals surface area contributed by atoms with Crippen LogP contribution in [0.2, 0.25) is 20.1 Å². The predicted octanol–water partition coefficient (Wildman–Crippen LogP) is 16.3. The van der Waals surface area contributed by atoms with Gasteiger partial charge in [-0.05, 0) is 117 Å². The van der Waals surface area contributed by atoms with Crippen LogP contribution in [0.4, 0.5) is 22.7 Å². The van der Waals surface area contributed by atoms with E-state index in [-0.39, 0.29) is 90.9 Å². The number of benzene rings is 8. The summed E-state index contributed by atoms with van der Waals surface area (Å²) in [6.45, 7) is 10.8. The molecule has 4 heterocycles. The molecule has 0 radical (unpaired) electrons. The van der Waals surface area contributed by atoms with E-state index in [4.69, 9.17) is 60.6 Å². The number of hydrogen-bond donors (Lipinski definition) is 0. The predicted molar refractivity (Wildman–Crippen MR) is 423 cm³/mol. The molecule has 4 fully saturated rings.